The lowest BCUT2D eigenvalue weighted by molar-refractivity contribution is 0.0696. The molecule has 2 aromatic rings. The van der Waals surface area contributed by atoms with E-state index in [4.69, 9.17) is 0 Å². The summed E-state index contributed by atoms with van der Waals surface area (Å²) < 4.78 is 2.11. The fraction of sp³-hybridized carbons (Fsp3) is 0.438. The molecule has 2 N–H and O–H groups in total. The average molecular weight is 275 g/mol. The Kier molecular flexibility index (Phi) is 4.14. The molecule has 1 aromatic carbocycles. The summed E-state index contributed by atoms with van der Waals surface area (Å²) in [7, 11) is 0. The maximum atomic E-state index is 11.3. The molecule has 0 aliphatic rings. The minimum atomic E-state index is -0.928. The number of aromatic carboxylic acids is 1. The van der Waals surface area contributed by atoms with E-state index in [9.17, 15) is 15.0 Å². The topological polar surface area (TPSA) is 62.5 Å². The number of hydrogen-bond acceptors (Lipinski definition) is 2. The molecule has 2 rings (SSSR count). The lowest BCUT2D eigenvalue weighted by Crippen LogP contribution is -2.01. The van der Waals surface area contributed by atoms with Crippen molar-refractivity contribution in [2.45, 2.75) is 46.3 Å². The zero-order valence-electron chi connectivity index (χ0n) is 12.2. The van der Waals surface area contributed by atoms with E-state index in [1.807, 2.05) is 19.2 Å². The van der Waals surface area contributed by atoms with Crippen LogP contribution in [-0.4, -0.2) is 20.7 Å². The molecule has 0 aliphatic carbocycles. The summed E-state index contributed by atoms with van der Waals surface area (Å²) in [5, 5.41) is 20.0. The fourth-order valence-electron chi connectivity index (χ4n) is 2.55. The molecule has 4 heteroatoms. The highest BCUT2D eigenvalue weighted by atomic mass is 16.4. The van der Waals surface area contributed by atoms with E-state index in [1.165, 1.54) is 0 Å². The van der Waals surface area contributed by atoms with Crippen LogP contribution >= 0.6 is 0 Å². The van der Waals surface area contributed by atoms with Crippen LogP contribution in [-0.2, 0) is 6.54 Å². The van der Waals surface area contributed by atoms with Crippen LogP contribution in [0.1, 0.15) is 54.3 Å². The fourth-order valence-corrected chi connectivity index (χ4v) is 2.55. The van der Waals surface area contributed by atoms with Crippen molar-refractivity contribution in [2.75, 3.05) is 0 Å². The van der Waals surface area contributed by atoms with E-state index < -0.39 is 12.1 Å². The number of carboxylic acids is 1. The Bertz CT molecular complexity index is 641. The van der Waals surface area contributed by atoms with Crippen LogP contribution in [0.15, 0.2) is 18.3 Å². The first-order chi connectivity index (χ1) is 9.45. The number of rotatable bonds is 5. The Balaban J connectivity index is 2.66. The Labute approximate surface area is 118 Å². The van der Waals surface area contributed by atoms with Crippen molar-refractivity contribution < 1.29 is 15.0 Å². The molecule has 0 radical (unpaired) electrons. The maximum absolute atomic E-state index is 11.3. The van der Waals surface area contributed by atoms with Crippen LogP contribution in [0.5, 0.6) is 0 Å². The largest absolute Gasteiger partial charge is 0.478 e. The minimum Gasteiger partial charge on any atom is -0.478 e. The van der Waals surface area contributed by atoms with Crippen LogP contribution in [0.3, 0.4) is 0 Å². The number of aryl methyl sites for hydroxylation is 2. The summed E-state index contributed by atoms with van der Waals surface area (Å²) in [6, 6.07) is 3.58. The molecule has 0 saturated heterocycles. The molecule has 0 saturated carbocycles. The van der Waals surface area contributed by atoms with Gasteiger partial charge >= 0.3 is 5.97 Å². The zero-order chi connectivity index (χ0) is 14.9. The Morgan fingerprint density at radius 3 is 2.65 bits per heavy atom. The molecule has 0 spiro atoms. The normalized spacial score (nSPS) is 12.8. The number of fused-ring (bicyclic) bond motifs is 1. The number of hydrogen-bond donors (Lipinski definition) is 2. The number of aromatic nitrogens is 1. The lowest BCUT2D eigenvalue weighted by Gasteiger charge is -2.07. The number of unbranched alkanes of at least 4 members (excludes halogenated alkanes) is 1. The van der Waals surface area contributed by atoms with Gasteiger partial charge < -0.3 is 14.8 Å². The van der Waals surface area contributed by atoms with Crippen molar-refractivity contribution in [3.63, 3.8) is 0 Å². The Morgan fingerprint density at radius 1 is 1.40 bits per heavy atom. The van der Waals surface area contributed by atoms with Crippen molar-refractivity contribution in [2.24, 2.45) is 0 Å². The Morgan fingerprint density at radius 2 is 2.10 bits per heavy atom. The van der Waals surface area contributed by atoms with E-state index in [0.717, 1.165) is 41.4 Å². The molecule has 20 heavy (non-hydrogen) atoms. The summed E-state index contributed by atoms with van der Waals surface area (Å²) in [5.74, 6) is -0.928. The molecular formula is C16H21NO3. The highest BCUT2D eigenvalue weighted by molar-refractivity contribution is 5.96. The van der Waals surface area contributed by atoms with E-state index in [1.54, 1.807) is 13.0 Å². The molecule has 0 aliphatic heterocycles. The van der Waals surface area contributed by atoms with Crippen LogP contribution in [0, 0.1) is 6.92 Å². The highest BCUT2D eigenvalue weighted by Crippen LogP contribution is 2.29. The van der Waals surface area contributed by atoms with Crippen molar-refractivity contribution in [3.05, 3.63) is 35.0 Å². The average Bonchev–Trinajstić information content (AvgIpc) is 2.73. The highest BCUT2D eigenvalue weighted by Gasteiger charge is 2.16. The van der Waals surface area contributed by atoms with E-state index in [2.05, 4.69) is 11.5 Å². The smallest absolute Gasteiger partial charge is 0.335 e. The summed E-state index contributed by atoms with van der Waals surface area (Å²) in [6.45, 7) is 6.53. The monoisotopic (exact) mass is 275 g/mol. The second-order valence-corrected chi connectivity index (χ2v) is 5.30. The summed E-state index contributed by atoms with van der Waals surface area (Å²) in [4.78, 5) is 11.3. The van der Waals surface area contributed by atoms with Gasteiger partial charge in [-0.25, -0.2) is 4.79 Å². The molecule has 1 heterocycles. The van der Waals surface area contributed by atoms with Gasteiger partial charge in [-0.2, -0.15) is 0 Å². The third-order valence-electron chi connectivity index (χ3n) is 3.69. The number of nitrogens with zero attached hydrogens (tertiary/aromatic N) is 1. The van der Waals surface area contributed by atoms with E-state index in [-0.39, 0.29) is 0 Å². The van der Waals surface area contributed by atoms with Crippen LogP contribution in [0.2, 0.25) is 0 Å². The molecular weight excluding hydrogens is 254 g/mol. The van der Waals surface area contributed by atoms with E-state index >= 15 is 0 Å². The van der Waals surface area contributed by atoms with E-state index in [0.29, 0.717) is 5.56 Å². The minimum absolute atomic E-state index is 0.299. The third kappa shape index (κ3) is 2.56. The van der Waals surface area contributed by atoms with Crippen molar-refractivity contribution in [1.29, 1.82) is 0 Å². The van der Waals surface area contributed by atoms with Crippen molar-refractivity contribution >= 4 is 16.9 Å². The summed E-state index contributed by atoms with van der Waals surface area (Å²) in [6.07, 6.45) is 3.49. The van der Waals surface area contributed by atoms with Gasteiger partial charge in [0.1, 0.15) is 0 Å². The van der Waals surface area contributed by atoms with Crippen LogP contribution in [0.4, 0.5) is 0 Å². The van der Waals surface area contributed by atoms with Gasteiger partial charge in [0.2, 0.25) is 0 Å². The van der Waals surface area contributed by atoms with Gasteiger partial charge in [-0.3, -0.25) is 0 Å². The molecule has 0 bridgehead atoms. The standard InChI is InChI=1S/C16H21NO3/c1-4-5-6-17-9-14(11(3)18)13-8-12(16(19)20)10(2)7-15(13)17/h7-9,11,18H,4-6H2,1-3H3,(H,19,20). The second kappa shape index (κ2) is 5.67. The SMILES string of the molecule is CCCCn1cc(C(C)O)c2cc(C(=O)O)c(C)cc21. The molecule has 1 atom stereocenters. The van der Waals surface area contributed by atoms with Gasteiger partial charge in [0.05, 0.1) is 11.7 Å². The van der Waals surface area contributed by atoms with Gasteiger partial charge in [0.25, 0.3) is 0 Å². The first kappa shape index (κ1) is 14.6. The van der Waals surface area contributed by atoms with Crippen molar-refractivity contribution in [3.8, 4) is 0 Å². The molecule has 1 aromatic heterocycles. The number of aliphatic hydroxyl groups excluding tert-OH is 1. The first-order valence-electron chi connectivity index (χ1n) is 7.00. The molecule has 0 amide bonds. The third-order valence-corrected chi connectivity index (χ3v) is 3.69. The second-order valence-electron chi connectivity index (χ2n) is 5.30. The first-order valence-corrected chi connectivity index (χ1v) is 7.00. The molecule has 108 valence electrons. The number of benzene rings is 1. The molecule has 4 nitrogen and oxygen atoms in total. The number of carboxylic acid groups (broad SMARTS) is 1. The Hall–Kier alpha value is -1.81. The zero-order valence-corrected chi connectivity index (χ0v) is 12.2. The quantitative estimate of drug-likeness (QED) is 0.877. The molecule has 1 unspecified atom stereocenters. The van der Waals surface area contributed by atoms with Gasteiger partial charge in [-0.05, 0) is 38.0 Å². The lowest BCUT2D eigenvalue weighted by atomic mass is 10.0. The predicted octanol–water partition coefficient (Wildman–Crippen LogP) is 3.50. The number of aliphatic hydroxyl groups is 1. The van der Waals surface area contributed by atoms with Gasteiger partial charge in [0.15, 0.2) is 0 Å². The van der Waals surface area contributed by atoms with Crippen LogP contribution in [0.25, 0.3) is 10.9 Å². The van der Waals surface area contributed by atoms with Crippen LogP contribution < -0.4 is 0 Å². The maximum Gasteiger partial charge on any atom is 0.335 e. The summed E-state index contributed by atoms with van der Waals surface area (Å²) in [5.41, 5.74) is 2.83. The van der Waals surface area contributed by atoms with Gasteiger partial charge in [0, 0.05) is 29.2 Å². The predicted molar refractivity (Wildman–Crippen MR) is 79.2 cm³/mol. The number of carbonyl (C=O) groups is 1. The summed E-state index contributed by atoms with van der Waals surface area (Å²) >= 11 is 0. The molecule has 0 fully saturated rings. The van der Waals surface area contributed by atoms with Crippen molar-refractivity contribution in [1.82, 2.24) is 4.57 Å². The van der Waals surface area contributed by atoms with Gasteiger partial charge in [-0.1, -0.05) is 13.3 Å². The van der Waals surface area contributed by atoms with Gasteiger partial charge in [-0.15, -0.1) is 0 Å².